The van der Waals surface area contributed by atoms with Gasteiger partial charge in [-0.25, -0.2) is 15.0 Å². The lowest BCUT2D eigenvalue weighted by molar-refractivity contribution is -0.00538. The first kappa shape index (κ1) is 18.4. The maximum Gasteiger partial charge on any atom is 0.225 e. The average molecular weight is 402 g/mol. The van der Waals surface area contributed by atoms with Gasteiger partial charge in [0.25, 0.3) is 0 Å². The highest BCUT2D eigenvalue weighted by molar-refractivity contribution is 7.98. The molecule has 2 aromatic heterocycles. The van der Waals surface area contributed by atoms with Gasteiger partial charge in [0.2, 0.25) is 5.28 Å². The molecule has 1 aliphatic rings. The molecular formula is C19H20ClN5OS. The molecule has 0 spiro atoms. The first-order valence-corrected chi connectivity index (χ1v) is 10.2. The Labute approximate surface area is 167 Å². The van der Waals surface area contributed by atoms with Gasteiger partial charge in [-0.2, -0.15) is 4.98 Å². The third kappa shape index (κ3) is 4.15. The molecule has 0 amide bonds. The van der Waals surface area contributed by atoms with E-state index in [1.54, 1.807) is 18.1 Å². The van der Waals surface area contributed by atoms with Crippen molar-refractivity contribution < 1.29 is 4.74 Å². The predicted molar refractivity (Wildman–Crippen MR) is 108 cm³/mol. The number of fused-ring (bicyclic) bond motifs is 1. The molecule has 6 nitrogen and oxygen atoms in total. The van der Waals surface area contributed by atoms with Crippen LogP contribution in [0.25, 0.3) is 11.0 Å². The Bertz CT molecular complexity index is 932. The number of thioether (sulfide) groups is 1. The highest BCUT2D eigenvalue weighted by atomic mass is 35.5. The molecule has 8 heteroatoms. The number of ether oxygens (including phenoxy) is 1. The van der Waals surface area contributed by atoms with E-state index < -0.39 is 0 Å². The van der Waals surface area contributed by atoms with Crippen LogP contribution < -0.4 is 4.90 Å². The summed E-state index contributed by atoms with van der Waals surface area (Å²) in [6, 6.07) is 10.3. The van der Waals surface area contributed by atoms with Crippen LogP contribution >= 0.6 is 23.4 Å². The van der Waals surface area contributed by atoms with Crippen molar-refractivity contribution in [3.8, 4) is 0 Å². The quantitative estimate of drug-likeness (QED) is 0.372. The van der Waals surface area contributed by atoms with Gasteiger partial charge in [0.1, 0.15) is 22.4 Å². The smallest absolute Gasteiger partial charge is 0.225 e. The number of aromatic nitrogens is 4. The zero-order valence-electron chi connectivity index (χ0n) is 15.2. The fourth-order valence-electron chi connectivity index (χ4n) is 3.29. The Hall–Kier alpha value is -1.96. The molecule has 4 rings (SSSR count). The maximum absolute atomic E-state index is 6.26. The van der Waals surface area contributed by atoms with Crippen LogP contribution in [-0.2, 0) is 10.5 Å². The lowest BCUT2D eigenvalue weighted by Gasteiger charge is -2.36. The van der Waals surface area contributed by atoms with E-state index in [0.29, 0.717) is 5.52 Å². The van der Waals surface area contributed by atoms with Crippen LogP contribution in [0.2, 0.25) is 5.28 Å². The van der Waals surface area contributed by atoms with Crippen molar-refractivity contribution >= 4 is 40.2 Å². The number of nitrogens with zero attached hydrogens (tertiary/aromatic N) is 5. The van der Waals surface area contributed by atoms with Gasteiger partial charge in [0.15, 0.2) is 5.82 Å². The van der Waals surface area contributed by atoms with Gasteiger partial charge >= 0.3 is 0 Å². The van der Waals surface area contributed by atoms with Gasteiger partial charge in [-0.05, 0) is 31.0 Å². The van der Waals surface area contributed by atoms with Crippen LogP contribution in [-0.4, -0.2) is 45.2 Å². The van der Waals surface area contributed by atoms with Crippen molar-refractivity contribution in [1.82, 2.24) is 19.9 Å². The van der Waals surface area contributed by atoms with Crippen LogP contribution in [0.5, 0.6) is 0 Å². The van der Waals surface area contributed by atoms with E-state index in [9.17, 15) is 0 Å². The Balaban J connectivity index is 1.70. The fourth-order valence-corrected chi connectivity index (χ4v) is 4.35. The summed E-state index contributed by atoms with van der Waals surface area (Å²) in [5.41, 5.74) is 2.65. The predicted octanol–water partition coefficient (Wildman–Crippen LogP) is 3.98. The second-order valence-electron chi connectivity index (χ2n) is 6.63. The molecule has 1 saturated heterocycles. The van der Waals surface area contributed by atoms with E-state index in [4.69, 9.17) is 16.3 Å². The summed E-state index contributed by atoms with van der Waals surface area (Å²) in [4.78, 5) is 20.0. The van der Waals surface area contributed by atoms with E-state index >= 15 is 0 Å². The molecule has 3 heterocycles. The number of hydrogen-bond acceptors (Lipinski definition) is 7. The number of hydrogen-bond donors (Lipinski definition) is 0. The molecule has 2 atom stereocenters. The molecule has 0 aliphatic carbocycles. The summed E-state index contributed by atoms with van der Waals surface area (Å²) in [5, 5.41) is 1.02. The van der Waals surface area contributed by atoms with Crippen LogP contribution in [0.1, 0.15) is 19.4 Å². The molecular weight excluding hydrogens is 382 g/mol. The summed E-state index contributed by atoms with van der Waals surface area (Å²) < 4.78 is 5.84. The summed E-state index contributed by atoms with van der Waals surface area (Å²) in [6.07, 6.45) is 1.81. The molecule has 0 N–H and O–H groups in total. The van der Waals surface area contributed by atoms with Crippen LogP contribution in [0.4, 0.5) is 5.82 Å². The number of anilines is 1. The van der Waals surface area contributed by atoms with E-state index in [1.807, 2.05) is 18.2 Å². The highest BCUT2D eigenvalue weighted by Gasteiger charge is 2.26. The van der Waals surface area contributed by atoms with E-state index in [-0.39, 0.29) is 17.5 Å². The van der Waals surface area contributed by atoms with Gasteiger partial charge in [-0.1, -0.05) is 42.1 Å². The molecule has 3 aromatic rings. The molecule has 0 radical (unpaired) electrons. The number of benzene rings is 1. The second-order valence-corrected chi connectivity index (χ2v) is 7.93. The van der Waals surface area contributed by atoms with Crippen molar-refractivity contribution in [3.05, 3.63) is 47.5 Å². The first-order valence-electron chi connectivity index (χ1n) is 8.85. The fraction of sp³-hybridized carbons (Fsp3) is 0.368. The third-order valence-electron chi connectivity index (χ3n) is 4.34. The molecule has 0 bridgehead atoms. The summed E-state index contributed by atoms with van der Waals surface area (Å²) in [7, 11) is 0. The topological polar surface area (TPSA) is 64.0 Å². The second kappa shape index (κ2) is 7.96. The minimum atomic E-state index is 0.117. The van der Waals surface area contributed by atoms with Crippen molar-refractivity contribution in [2.45, 2.75) is 36.8 Å². The highest BCUT2D eigenvalue weighted by Crippen LogP contribution is 2.32. The normalized spacial score (nSPS) is 20.2. The summed E-state index contributed by atoms with van der Waals surface area (Å²) in [6.45, 7) is 5.60. The summed E-state index contributed by atoms with van der Waals surface area (Å²) >= 11 is 7.88. The van der Waals surface area contributed by atoms with Gasteiger partial charge < -0.3 is 9.64 Å². The standard InChI is InChI=1S/C19H20ClN5OS/c1-12-8-25(9-13(2)26-12)17-15-16(23-19(20)24-17)18(22-11-21-15)27-10-14-6-4-3-5-7-14/h3-7,11-13H,8-10H2,1-2H3. The lowest BCUT2D eigenvalue weighted by atomic mass is 10.2. The lowest BCUT2D eigenvalue weighted by Crippen LogP contribution is -2.46. The SMILES string of the molecule is CC1CN(c2nc(Cl)nc3c(SCc4ccccc4)ncnc23)CC(C)O1. The Morgan fingerprint density at radius 2 is 1.81 bits per heavy atom. The van der Waals surface area contributed by atoms with E-state index in [2.05, 4.69) is 50.8 Å². The monoisotopic (exact) mass is 401 g/mol. The van der Waals surface area contributed by atoms with E-state index in [0.717, 1.165) is 35.2 Å². The Morgan fingerprint density at radius 3 is 2.56 bits per heavy atom. The van der Waals surface area contributed by atoms with Crippen LogP contribution in [0.15, 0.2) is 41.7 Å². The van der Waals surface area contributed by atoms with Crippen molar-refractivity contribution in [2.75, 3.05) is 18.0 Å². The Morgan fingerprint density at radius 1 is 1.07 bits per heavy atom. The molecule has 1 fully saturated rings. The van der Waals surface area contributed by atoms with Crippen LogP contribution in [0, 0.1) is 0 Å². The Kier molecular flexibility index (Phi) is 5.43. The van der Waals surface area contributed by atoms with Gasteiger partial charge in [-0.3, -0.25) is 0 Å². The largest absolute Gasteiger partial charge is 0.372 e. The van der Waals surface area contributed by atoms with Crippen LogP contribution in [0.3, 0.4) is 0 Å². The van der Waals surface area contributed by atoms with Crippen molar-refractivity contribution in [1.29, 1.82) is 0 Å². The molecule has 0 saturated carbocycles. The minimum Gasteiger partial charge on any atom is -0.372 e. The van der Waals surface area contributed by atoms with Gasteiger partial charge in [0, 0.05) is 18.8 Å². The number of halogens is 1. The average Bonchev–Trinajstić information content (AvgIpc) is 2.66. The first-order chi connectivity index (χ1) is 13.1. The summed E-state index contributed by atoms with van der Waals surface area (Å²) in [5.74, 6) is 1.55. The van der Waals surface area contributed by atoms with Crippen molar-refractivity contribution in [2.24, 2.45) is 0 Å². The third-order valence-corrected chi connectivity index (χ3v) is 5.56. The number of rotatable bonds is 4. The van der Waals surface area contributed by atoms with Gasteiger partial charge in [0.05, 0.1) is 12.2 Å². The van der Waals surface area contributed by atoms with Gasteiger partial charge in [-0.15, -0.1) is 0 Å². The molecule has 1 aliphatic heterocycles. The minimum absolute atomic E-state index is 0.117. The zero-order chi connectivity index (χ0) is 18.8. The zero-order valence-corrected chi connectivity index (χ0v) is 16.7. The number of morpholine rings is 1. The molecule has 140 valence electrons. The van der Waals surface area contributed by atoms with Crippen molar-refractivity contribution in [3.63, 3.8) is 0 Å². The molecule has 1 aromatic carbocycles. The molecule has 2 unspecified atom stereocenters. The maximum atomic E-state index is 6.26. The molecule has 27 heavy (non-hydrogen) atoms. The van der Waals surface area contributed by atoms with E-state index in [1.165, 1.54) is 5.56 Å².